The molecule has 1 aliphatic heterocycles. The Kier molecular flexibility index (Phi) is 3.21. The Balaban J connectivity index is 2.24. The van der Waals surface area contributed by atoms with Crippen molar-refractivity contribution in [3.63, 3.8) is 0 Å². The molecule has 5 nitrogen and oxygen atoms in total. The molecule has 1 aliphatic rings. The number of methoxy groups -OCH3 is 1. The molecule has 0 amide bonds. The van der Waals surface area contributed by atoms with Crippen molar-refractivity contribution in [3.8, 4) is 0 Å². The second-order valence-electron chi connectivity index (χ2n) is 5.22. The Bertz CT molecular complexity index is 448. The second-order valence-corrected chi connectivity index (χ2v) is 5.22. The van der Waals surface area contributed by atoms with Crippen LogP contribution in [0.3, 0.4) is 0 Å². The fourth-order valence-corrected chi connectivity index (χ4v) is 2.35. The highest BCUT2D eigenvalue weighted by molar-refractivity contribution is 5.86. The van der Waals surface area contributed by atoms with Crippen LogP contribution in [0.5, 0.6) is 0 Å². The maximum atomic E-state index is 11.3. The molecular formula is C13H18O5. The Morgan fingerprint density at radius 1 is 1.44 bits per heavy atom. The fourth-order valence-electron chi connectivity index (χ4n) is 2.35. The van der Waals surface area contributed by atoms with E-state index in [0.717, 1.165) is 0 Å². The molecule has 1 fully saturated rings. The summed E-state index contributed by atoms with van der Waals surface area (Å²) >= 11 is 0. The van der Waals surface area contributed by atoms with Crippen LogP contribution >= 0.6 is 0 Å². The number of esters is 1. The highest BCUT2D eigenvalue weighted by Crippen LogP contribution is 2.39. The van der Waals surface area contributed by atoms with E-state index in [0.29, 0.717) is 25.2 Å². The molecule has 0 aliphatic carbocycles. The van der Waals surface area contributed by atoms with Crippen molar-refractivity contribution in [1.82, 2.24) is 0 Å². The Morgan fingerprint density at radius 2 is 2.17 bits per heavy atom. The van der Waals surface area contributed by atoms with Gasteiger partial charge in [0.05, 0.1) is 19.3 Å². The molecule has 2 heterocycles. The van der Waals surface area contributed by atoms with E-state index in [1.54, 1.807) is 6.07 Å². The lowest BCUT2D eigenvalue weighted by atomic mass is 9.82. The summed E-state index contributed by atoms with van der Waals surface area (Å²) in [5, 5.41) is 10.6. The molecule has 100 valence electrons. The second kappa shape index (κ2) is 4.40. The zero-order chi connectivity index (χ0) is 13.4. The summed E-state index contributed by atoms with van der Waals surface area (Å²) in [6, 6.07) is 3.13. The summed E-state index contributed by atoms with van der Waals surface area (Å²) in [6.45, 7) is 4.29. The van der Waals surface area contributed by atoms with Crippen molar-refractivity contribution >= 4 is 5.97 Å². The van der Waals surface area contributed by atoms with Gasteiger partial charge in [-0.1, -0.05) is 0 Å². The lowest BCUT2D eigenvalue weighted by Crippen LogP contribution is -2.43. The van der Waals surface area contributed by atoms with Gasteiger partial charge in [-0.05, 0) is 26.0 Å². The van der Waals surface area contributed by atoms with Gasteiger partial charge in [0.2, 0.25) is 5.76 Å². The monoisotopic (exact) mass is 254 g/mol. The normalized spacial score (nSPS) is 26.9. The molecule has 0 bridgehead atoms. The lowest BCUT2D eigenvalue weighted by molar-refractivity contribution is -0.155. The van der Waals surface area contributed by atoms with E-state index < -0.39 is 17.2 Å². The van der Waals surface area contributed by atoms with Crippen LogP contribution in [-0.2, 0) is 15.1 Å². The molecular weight excluding hydrogens is 236 g/mol. The van der Waals surface area contributed by atoms with Crippen LogP contribution in [0, 0.1) is 0 Å². The number of rotatable bonds is 2. The first-order valence-electron chi connectivity index (χ1n) is 5.91. The van der Waals surface area contributed by atoms with Gasteiger partial charge in [-0.15, -0.1) is 0 Å². The van der Waals surface area contributed by atoms with Gasteiger partial charge >= 0.3 is 5.97 Å². The van der Waals surface area contributed by atoms with Gasteiger partial charge in [0.15, 0.2) is 0 Å². The predicted molar refractivity (Wildman–Crippen MR) is 63.2 cm³/mol. The van der Waals surface area contributed by atoms with E-state index in [2.05, 4.69) is 4.74 Å². The quantitative estimate of drug-likeness (QED) is 0.815. The summed E-state index contributed by atoms with van der Waals surface area (Å²) in [4.78, 5) is 11.3. The molecule has 0 aromatic carbocycles. The zero-order valence-corrected chi connectivity index (χ0v) is 10.9. The van der Waals surface area contributed by atoms with E-state index in [1.807, 2.05) is 13.8 Å². The molecule has 1 atom stereocenters. The number of hydrogen-bond donors (Lipinski definition) is 1. The van der Waals surface area contributed by atoms with E-state index in [1.165, 1.54) is 13.2 Å². The smallest absolute Gasteiger partial charge is 0.373 e. The van der Waals surface area contributed by atoms with Crippen molar-refractivity contribution in [3.05, 3.63) is 23.7 Å². The Hall–Kier alpha value is -1.33. The summed E-state index contributed by atoms with van der Waals surface area (Å²) < 4.78 is 15.5. The third-order valence-electron chi connectivity index (χ3n) is 3.18. The molecule has 1 unspecified atom stereocenters. The summed E-state index contributed by atoms with van der Waals surface area (Å²) in [5.41, 5.74) is -1.50. The fraction of sp³-hybridized carbons (Fsp3) is 0.615. The van der Waals surface area contributed by atoms with Gasteiger partial charge in [-0.25, -0.2) is 4.79 Å². The standard InChI is InChI=1S/C13H18O5/c1-12(2)8-13(15,6-7-17-12)10-5-4-9(18-10)11(14)16-3/h4-5,15H,6-8H2,1-3H3. The number of ether oxygens (including phenoxy) is 2. The van der Waals surface area contributed by atoms with Crippen LogP contribution < -0.4 is 0 Å². The number of hydrogen-bond acceptors (Lipinski definition) is 5. The molecule has 0 radical (unpaired) electrons. The predicted octanol–water partition coefficient (Wildman–Crippen LogP) is 1.84. The van der Waals surface area contributed by atoms with Crippen molar-refractivity contribution in [2.24, 2.45) is 0 Å². The van der Waals surface area contributed by atoms with Crippen LogP contribution in [0.15, 0.2) is 16.5 Å². The summed E-state index contributed by atoms with van der Waals surface area (Å²) in [6.07, 6.45) is 0.874. The highest BCUT2D eigenvalue weighted by Gasteiger charge is 2.43. The molecule has 1 N–H and O–H groups in total. The van der Waals surface area contributed by atoms with Gasteiger partial charge in [0.1, 0.15) is 11.4 Å². The first-order chi connectivity index (χ1) is 8.36. The topological polar surface area (TPSA) is 68.9 Å². The van der Waals surface area contributed by atoms with Gasteiger partial charge in [-0.3, -0.25) is 0 Å². The molecule has 0 saturated carbocycles. The van der Waals surface area contributed by atoms with Crippen molar-refractivity contribution < 1.29 is 23.8 Å². The first-order valence-corrected chi connectivity index (χ1v) is 5.91. The van der Waals surface area contributed by atoms with E-state index in [-0.39, 0.29) is 5.76 Å². The van der Waals surface area contributed by atoms with Gasteiger partial charge in [0.25, 0.3) is 0 Å². The van der Waals surface area contributed by atoms with Crippen LogP contribution in [0.25, 0.3) is 0 Å². The maximum Gasteiger partial charge on any atom is 0.373 e. The molecule has 2 rings (SSSR count). The number of carbonyl (C=O) groups excluding carboxylic acids is 1. The SMILES string of the molecule is COC(=O)c1ccc(C2(O)CCOC(C)(C)C2)o1. The molecule has 5 heteroatoms. The third kappa shape index (κ3) is 2.42. The van der Waals surface area contributed by atoms with Crippen LogP contribution in [0.1, 0.15) is 43.0 Å². The lowest BCUT2D eigenvalue weighted by Gasteiger charge is -2.40. The Labute approximate surface area is 106 Å². The van der Waals surface area contributed by atoms with Crippen molar-refractivity contribution in [2.45, 2.75) is 37.9 Å². The van der Waals surface area contributed by atoms with Gasteiger partial charge < -0.3 is 19.0 Å². The highest BCUT2D eigenvalue weighted by atomic mass is 16.5. The number of aliphatic hydroxyl groups is 1. The van der Waals surface area contributed by atoms with E-state index in [4.69, 9.17) is 9.15 Å². The maximum absolute atomic E-state index is 11.3. The molecule has 1 aromatic rings. The summed E-state index contributed by atoms with van der Waals surface area (Å²) in [7, 11) is 1.29. The van der Waals surface area contributed by atoms with Crippen molar-refractivity contribution in [2.75, 3.05) is 13.7 Å². The minimum atomic E-state index is -1.09. The van der Waals surface area contributed by atoms with E-state index >= 15 is 0 Å². The van der Waals surface area contributed by atoms with Crippen LogP contribution in [0.2, 0.25) is 0 Å². The largest absolute Gasteiger partial charge is 0.463 e. The summed E-state index contributed by atoms with van der Waals surface area (Å²) in [5.74, 6) is -0.0549. The van der Waals surface area contributed by atoms with Crippen molar-refractivity contribution in [1.29, 1.82) is 0 Å². The average molecular weight is 254 g/mol. The molecule has 1 saturated heterocycles. The molecule has 1 aromatic heterocycles. The van der Waals surface area contributed by atoms with E-state index in [9.17, 15) is 9.90 Å². The first kappa shape index (κ1) is 13.1. The minimum Gasteiger partial charge on any atom is -0.463 e. The zero-order valence-electron chi connectivity index (χ0n) is 10.9. The van der Waals surface area contributed by atoms with Gasteiger partial charge in [-0.2, -0.15) is 0 Å². The molecule has 18 heavy (non-hydrogen) atoms. The minimum absolute atomic E-state index is 0.102. The van der Waals surface area contributed by atoms with Crippen LogP contribution in [0.4, 0.5) is 0 Å². The van der Waals surface area contributed by atoms with Gasteiger partial charge in [0, 0.05) is 12.8 Å². The van der Waals surface area contributed by atoms with Crippen LogP contribution in [-0.4, -0.2) is 30.4 Å². The Morgan fingerprint density at radius 3 is 2.78 bits per heavy atom. The average Bonchev–Trinajstić information content (AvgIpc) is 2.76. The third-order valence-corrected chi connectivity index (χ3v) is 3.18. The number of carbonyl (C=O) groups is 1. The molecule has 0 spiro atoms. The number of furan rings is 1.